The van der Waals surface area contributed by atoms with Gasteiger partial charge in [-0.1, -0.05) is 12.8 Å². The predicted octanol–water partition coefficient (Wildman–Crippen LogP) is 1.67. The van der Waals surface area contributed by atoms with Crippen LogP contribution in [0.15, 0.2) is 0 Å². The Morgan fingerprint density at radius 2 is 1.83 bits per heavy atom. The molecule has 5 heteroatoms. The highest BCUT2D eigenvalue weighted by molar-refractivity contribution is 5.81. The van der Waals surface area contributed by atoms with Gasteiger partial charge in [-0.25, -0.2) is 0 Å². The second kappa shape index (κ2) is 8.13. The number of carbonyl (C=O) groups excluding carboxylic acids is 2. The number of rotatable bonds is 8. The normalized spacial score (nSPS) is 25.7. The van der Waals surface area contributed by atoms with Crippen LogP contribution in [0.25, 0.3) is 0 Å². The fraction of sp³-hybridized carbons (Fsp3) is 0.889. The van der Waals surface area contributed by atoms with Crippen molar-refractivity contribution in [3.63, 3.8) is 0 Å². The summed E-state index contributed by atoms with van der Waals surface area (Å²) >= 11 is 0. The molecule has 1 heterocycles. The monoisotopic (exact) mass is 321 g/mol. The standard InChI is InChI=1S/C18H31N3O2/c22-17(6-3-10-19-18(23)15-7-8-15)20-16-9-11-21(13-16)12-14-4-1-2-5-14/h14-16H,1-13H2,(H,19,23)(H,20,22)/t16-/m0/s1. The predicted molar refractivity (Wildman–Crippen MR) is 89.9 cm³/mol. The molecule has 1 aliphatic heterocycles. The number of nitrogens with zero attached hydrogens (tertiary/aromatic N) is 1. The van der Waals surface area contributed by atoms with E-state index in [4.69, 9.17) is 0 Å². The van der Waals surface area contributed by atoms with Crippen molar-refractivity contribution >= 4 is 11.8 Å². The molecular weight excluding hydrogens is 290 g/mol. The van der Waals surface area contributed by atoms with Gasteiger partial charge in [-0.05, 0) is 44.4 Å². The maximum atomic E-state index is 12.0. The summed E-state index contributed by atoms with van der Waals surface area (Å²) in [7, 11) is 0. The molecule has 3 rings (SSSR count). The van der Waals surface area contributed by atoms with Crippen molar-refractivity contribution in [3.8, 4) is 0 Å². The number of amides is 2. The molecule has 1 atom stereocenters. The Morgan fingerprint density at radius 3 is 2.57 bits per heavy atom. The average Bonchev–Trinajstić information content (AvgIpc) is 3.10. The van der Waals surface area contributed by atoms with Crippen LogP contribution in [0.5, 0.6) is 0 Å². The maximum Gasteiger partial charge on any atom is 0.223 e. The largest absolute Gasteiger partial charge is 0.356 e. The topological polar surface area (TPSA) is 61.4 Å². The summed E-state index contributed by atoms with van der Waals surface area (Å²) < 4.78 is 0. The summed E-state index contributed by atoms with van der Waals surface area (Å²) in [6.07, 6.45) is 9.98. The summed E-state index contributed by atoms with van der Waals surface area (Å²) in [6, 6.07) is 0.324. The van der Waals surface area contributed by atoms with Crippen molar-refractivity contribution in [2.24, 2.45) is 11.8 Å². The van der Waals surface area contributed by atoms with Gasteiger partial charge in [0, 0.05) is 44.6 Å². The quantitative estimate of drug-likeness (QED) is 0.669. The zero-order valence-electron chi connectivity index (χ0n) is 14.2. The molecule has 23 heavy (non-hydrogen) atoms. The van der Waals surface area contributed by atoms with Crippen LogP contribution in [0.4, 0.5) is 0 Å². The minimum absolute atomic E-state index is 0.137. The van der Waals surface area contributed by atoms with E-state index in [9.17, 15) is 9.59 Å². The molecular formula is C18H31N3O2. The van der Waals surface area contributed by atoms with E-state index in [-0.39, 0.29) is 17.7 Å². The fourth-order valence-electron chi connectivity index (χ4n) is 3.92. The molecule has 3 fully saturated rings. The SMILES string of the molecule is O=C(CCCNC(=O)C1CC1)N[C@H]1CCN(CC2CCCC2)C1. The van der Waals surface area contributed by atoms with Gasteiger partial charge in [0.2, 0.25) is 11.8 Å². The number of carbonyl (C=O) groups is 2. The van der Waals surface area contributed by atoms with Crippen LogP contribution < -0.4 is 10.6 Å². The summed E-state index contributed by atoms with van der Waals surface area (Å²) in [5, 5.41) is 6.08. The molecule has 130 valence electrons. The van der Waals surface area contributed by atoms with Gasteiger partial charge in [-0.2, -0.15) is 0 Å². The second-order valence-corrected chi connectivity index (χ2v) is 7.63. The van der Waals surface area contributed by atoms with E-state index in [1.54, 1.807) is 0 Å². The van der Waals surface area contributed by atoms with Gasteiger partial charge in [-0.15, -0.1) is 0 Å². The molecule has 2 amide bonds. The Balaban J connectivity index is 1.24. The Morgan fingerprint density at radius 1 is 1.04 bits per heavy atom. The summed E-state index contributed by atoms with van der Waals surface area (Å²) in [5.41, 5.74) is 0. The Bertz CT molecular complexity index is 416. The van der Waals surface area contributed by atoms with Crippen LogP contribution in [0, 0.1) is 11.8 Å². The molecule has 0 aromatic rings. The second-order valence-electron chi connectivity index (χ2n) is 7.63. The van der Waals surface area contributed by atoms with E-state index >= 15 is 0 Å². The van der Waals surface area contributed by atoms with Gasteiger partial charge in [0.25, 0.3) is 0 Å². The third-order valence-corrected chi connectivity index (χ3v) is 5.46. The van der Waals surface area contributed by atoms with Crippen LogP contribution in [-0.4, -0.2) is 48.9 Å². The summed E-state index contributed by atoms with van der Waals surface area (Å²) in [5.74, 6) is 1.45. The number of hydrogen-bond donors (Lipinski definition) is 2. The highest BCUT2D eigenvalue weighted by Gasteiger charge is 2.29. The van der Waals surface area contributed by atoms with Gasteiger partial charge in [0.15, 0.2) is 0 Å². The lowest BCUT2D eigenvalue weighted by Crippen LogP contribution is -2.38. The van der Waals surface area contributed by atoms with Crippen LogP contribution >= 0.6 is 0 Å². The van der Waals surface area contributed by atoms with Crippen LogP contribution in [-0.2, 0) is 9.59 Å². The lowest BCUT2D eigenvalue weighted by Gasteiger charge is -2.20. The Hall–Kier alpha value is -1.10. The van der Waals surface area contributed by atoms with Crippen LogP contribution in [0.1, 0.15) is 57.8 Å². The van der Waals surface area contributed by atoms with E-state index in [0.29, 0.717) is 19.0 Å². The minimum Gasteiger partial charge on any atom is -0.356 e. The molecule has 2 aliphatic carbocycles. The number of hydrogen-bond acceptors (Lipinski definition) is 3. The van der Waals surface area contributed by atoms with E-state index in [1.807, 2.05) is 0 Å². The van der Waals surface area contributed by atoms with Gasteiger partial charge in [0.05, 0.1) is 0 Å². The number of nitrogens with one attached hydrogen (secondary N) is 2. The first-order chi connectivity index (χ1) is 11.2. The number of likely N-dealkylation sites (tertiary alicyclic amines) is 1. The van der Waals surface area contributed by atoms with Gasteiger partial charge < -0.3 is 15.5 Å². The van der Waals surface area contributed by atoms with Crippen molar-refractivity contribution in [3.05, 3.63) is 0 Å². The summed E-state index contributed by atoms with van der Waals surface area (Å²) in [4.78, 5) is 26.0. The molecule has 2 saturated carbocycles. The first-order valence-electron chi connectivity index (χ1n) is 9.50. The zero-order valence-corrected chi connectivity index (χ0v) is 14.2. The lowest BCUT2D eigenvalue weighted by molar-refractivity contribution is -0.123. The molecule has 0 radical (unpaired) electrons. The fourth-order valence-corrected chi connectivity index (χ4v) is 3.92. The summed E-state index contributed by atoms with van der Waals surface area (Å²) in [6.45, 7) is 3.99. The van der Waals surface area contributed by atoms with E-state index in [2.05, 4.69) is 15.5 Å². The van der Waals surface area contributed by atoms with Crippen molar-refractivity contribution in [1.29, 1.82) is 0 Å². The molecule has 3 aliphatic rings. The van der Waals surface area contributed by atoms with E-state index < -0.39 is 0 Å². The van der Waals surface area contributed by atoms with Crippen molar-refractivity contribution in [2.75, 3.05) is 26.2 Å². The Labute approximate surface area is 139 Å². The molecule has 5 nitrogen and oxygen atoms in total. The zero-order chi connectivity index (χ0) is 16.1. The molecule has 0 unspecified atom stereocenters. The first kappa shape index (κ1) is 16.7. The van der Waals surface area contributed by atoms with Crippen molar-refractivity contribution < 1.29 is 9.59 Å². The van der Waals surface area contributed by atoms with Crippen LogP contribution in [0.3, 0.4) is 0 Å². The van der Waals surface area contributed by atoms with Gasteiger partial charge in [0.1, 0.15) is 0 Å². The highest BCUT2D eigenvalue weighted by atomic mass is 16.2. The third-order valence-electron chi connectivity index (χ3n) is 5.46. The van der Waals surface area contributed by atoms with Crippen LogP contribution in [0.2, 0.25) is 0 Å². The van der Waals surface area contributed by atoms with Gasteiger partial charge in [-0.3, -0.25) is 9.59 Å². The molecule has 0 aromatic carbocycles. The Kier molecular flexibility index (Phi) is 5.92. The first-order valence-corrected chi connectivity index (χ1v) is 9.50. The van der Waals surface area contributed by atoms with E-state index in [0.717, 1.165) is 44.7 Å². The molecule has 2 N–H and O–H groups in total. The molecule has 0 bridgehead atoms. The van der Waals surface area contributed by atoms with Crippen molar-refractivity contribution in [1.82, 2.24) is 15.5 Å². The third kappa shape index (κ3) is 5.48. The smallest absolute Gasteiger partial charge is 0.223 e. The minimum atomic E-state index is 0.137. The van der Waals surface area contributed by atoms with Gasteiger partial charge >= 0.3 is 0 Å². The van der Waals surface area contributed by atoms with Crippen molar-refractivity contribution in [2.45, 2.75) is 63.8 Å². The maximum absolute atomic E-state index is 12.0. The lowest BCUT2D eigenvalue weighted by atomic mass is 10.1. The molecule has 0 aromatic heterocycles. The molecule has 0 spiro atoms. The highest BCUT2D eigenvalue weighted by Crippen LogP contribution is 2.28. The average molecular weight is 321 g/mol. The van der Waals surface area contributed by atoms with E-state index in [1.165, 1.54) is 32.2 Å². The molecule has 1 saturated heterocycles.